The molecule has 156 valence electrons. The fourth-order valence-corrected chi connectivity index (χ4v) is 5.28. The predicted molar refractivity (Wildman–Crippen MR) is 120 cm³/mol. The van der Waals surface area contributed by atoms with Crippen LogP contribution in [-0.4, -0.2) is 25.0 Å². The lowest BCUT2D eigenvalue weighted by atomic mass is 9.82. The standard InChI is InChI=1S/C23H28ClNO3S/c1-14(2)25(21(26)17-7-5-15(3)6-8-17)22-19(23(27)28-4)13-20(29-22)16-9-11-18(24)12-10-16/h9-15,17H,5-8H2,1-4H3/t15-,17-. The number of carbonyl (C=O) groups excluding carboxylic acids is 2. The van der Waals surface area contributed by atoms with Gasteiger partial charge in [0.2, 0.25) is 5.91 Å². The topological polar surface area (TPSA) is 46.6 Å². The molecule has 2 aromatic rings. The maximum absolute atomic E-state index is 13.5. The van der Waals surface area contributed by atoms with Gasteiger partial charge in [-0.15, -0.1) is 11.3 Å². The molecule has 1 aliphatic carbocycles. The number of hydrogen-bond donors (Lipinski definition) is 0. The number of ether oxygens (including phenoxy) is 1. The third-order valence-corrected chi connectivity index (χ3v) is 7.02. The monoisotopic (exact) mass is 433 g/mol. The molecule has 1 amide bonds. The first kappa shape index (κ1) is 21.8. The van der Waals surface area contributed by atoms with Gasteiger partial charge in [0, 0.05) is 21.9 Å². The van der Waals surface area contributed by atoms with Crippen LogP contribution in [0.4, 0.5) is 5.00 Å². The minimum atomic E-state index is -0.424. The number of amides is 1. The number of halogens is 1. The molecule has 1 heterocycles. The number of esters is 1. The average Bonchev–Trinajstić information content (AvgIpc) is 3.13. The van der Waals surface area contributed by atoms with Crippen LogP contribution in [0.5, 0.6) is 0 Å². The van der Waals surface area contributed by atoms with Gasteiger partial charge in [0.05, 0.1) is 12.7 Å². The lowest BCUT2D eigenvalue weighted by Crippen LogP contribution is -2.42. The van der Waals surface area contributed by atoms with Gasteiger partial charge in [-0.3, -0.25) is 4.79 Å². The van der Waals surface area contributed by atoms with Crippen LogP contribution in [0.3, 0.4) is 0 Å². The lowest BCUT2D eigenvalue weighted by molar-refractivity contribution is -0.123. The smallest absolute Gasteiger partial charge is 0.340 e. The summed E-state index contributed by atoms with van der Waals surface area (Å²) in [5.74, 6) is 0.379. The van der Waals surface area contributed by atoms with E-state index in [2.05, 4.69) is 6.92 Å². The Hall–Kier alpha value is -1.85. The van der Waals surface area contributed by atoms with E-state index in [0.29, 0.717) is 21.5 Å². The number of thiophene rings is 1. The van der Waals surface area contributed by atoms with Crippen LogP contribution in [0.2, 0.25) is 5.02 Å². The minimum Gasteiger partial charge on any atom is -0.465 e. The Morgan fingerprint density at radius 2 is 1.76 bits per heavy atom. The maximum Gasteiger partial charge on any atom is 0.340 e. The normalized spacial score (nSPS) is 19.2. The molecule has 1 fully saturated rings. The van der Waals surface area contributed by atoms with Crippen molar-refractivity contribution in [1.82, 2.24) is 0 Å². The number of rotatable bonds is 5. The lowest BCUT2D eigenvalue weighted by Gasteiger charge is -2.33. The summed E-state index contributed by atoms with van der Waals surface area (Å²) < 4.78 is 5.02. The van der Waals surface area contributed by atoms with Gasteiger partial charge in [-0.25, -0.2) is 4.79 Å². The SMILES string of the molecule is COC(=O)c1cc(-c2ccc(Cl)cc2)sc1N(C(=O)[C@H]1CC[C@H](C)CC1)C(C)C. The van der Waals surface area contributed by atoms with Crippen LogP contribution in [0.1, 0.15) is 56.8 Å². The van der Waals surface area contributed by atoms with Crippen LogP contribution in [0.15, 0.2) is 30.3 Å². The predicted octanol–water partition coefficient (Wildman–Crippen LogP) is 6.42. The van der Waals surface area contributed by atoms with Crippen LogP contribution in [0, 0.1) is 11.8 Å². The number of methoxy groups -OCH3 is 1. The van der Waals surface area contributed by atoms with E-state index in [1.165, 1.54) is 18.4 Å². The summed E-state index contributed by atoms with van der Waals surface area (Å²) in [6.07, 6.45) is 3.97. The highest BCUT2D eigenvalue weighted by molar-refractivity contribution is 7.20. The van der Waals surface area contributed by atoms with Gasteiger partial charge < -0.3 is 9.64 Å². The second-order valence-corrected chi connectivity index (χ2v) is 9.55. The maximum atomic E-state index is 13.5. The highest BCUT2D eigenvalue weighted by Crippen LogP contribution is 2.41. The fourth-order valence-electron chi connectivity index (χ4n) is 3.87. The molecular formula is C23H28ClNO3S. The Balaban J connectivity index is 2.01. The summed E-state index contributed by atoms with van der Waals surface area (Å²) in [5, 5.41) is 1.32. The van der Waals surface area contributed by atoms with Crippen molar-refractivity contribution in [3.8, 4) is 10.4 Å². The number of carbonyl (C=O) groups is 2. The second-order valence-electron chi connectivity index (χ2n) is 8.09. The van der Waals surface area contributed by atoms with Crippen molar-refractivity contribution >= 4 is 39.8 Å². The number of nitrogens with zero attached hydrogens (tertiary/aromatic N) is 1. The third-order valence-electron chi connectivity index (χ3n) is 5.58. The van der Waals surface area contributed by atoms with Gasteiger partial charge in [-0.05, 0) is 69.2 Å². The van der Waals surface area contributed by atoms with Crippen LogP contribution >= 0.6 is 22.9 Å². The highest BCUT2D eigenvalue weighted by Gasteiger charge is 2.33. The molecule has 6 heteroatoms. The zero-order valence-corrected chi connectivity index (χ0v) is 19.0. The fraction of sp³-hybridized carbons (Fsp3) is 0.478. The van der Waals surface area contributed by atoms with Crippen molar-refractivity contribution in [3.05, 3.63) is 40.9 Å². The molecule has 29 heavy (non-hydrogen) atoms. The summed E-state index contributed by atoms with van der Waals surface area (Å²) in [4.78, 5) is 28.7. The van der Waals surface area contributed by atoms with Crippen LogP contribution < -0.4 is 4.90 Å². The van der Waals surface area contributed by atoms with Crippen molar-refractivity contribution in [2.75, 3.05) is 12.0 Å². The van der Waals surface area contributed by atoms with Crippen molar-refractivity contribution in [2.24, 2.45) is 11.8 Å². The van der Waals surface area contributed by atoms with Crippen LogP contribution in [-0.2, 0) is 9.53 Å². The van der Waals surface area contributed by atoms with E-state index in [-0.39, 0.29) is 17.9 Å². The largest absolute Gasteiger partial charge is 0.465 e. The van der Waals surface area contributed by atoms with E-state index in [1.54, 1.807) is 4.90 Å². The minimum absolute atomic E-state index is 0.0141. The molecule has 4 nitrogen and oxygen atoms in total. The van der Waals surface area contributed by atoms with Crippen molar-refractivity contribution in [3.63, 3.8) is 0 Å². The van der Waals surface area contributed by atoms with Gasteiger partial charge in [0.1, 0.15) is 5.00 Å². The van der Waals surface area contributed by atoms with Gasteiger partial charge >= 0.3 is 5.97 Å². The Bertz CT molecular complexity index is 867. The van der Waals surface area contributed by atoms with Crippen LogP contribution in [0.25, 0.3) is 10.4 Å². The van der Waals surface area contributed by atoms with E-state index in [1.807, 2.05) is 44.2 Å². The molecule has 1 aliphatic rings. The zero-order chi connectivity index (χ0) is 21.1. The molecule has 0 bridgehead atoms. The number of hydrogen-bond acceptors (Lipinski definition) is 4. The molecule has 3 rings (SSSR count). The van der Waals surface area contributed by atoms with E-state index >= 15 is 0 Å². The van der Waals surface area contributed by atoms with Gasteiger partial charge in [0.15, 0.2) is 0 Å². The Kier molecular flexibility index (Phi) is 7.01. The van der Waals surface area contributed by atoms with Crippen molar-refractivity contribution < 1.29 is 14.3 Å². The molecule has 1 saturated carbocycles. The Morgan fingerprint density at radius 3 is 2.31 bits per heavy atom. The molecule has 1 aromatic heterocycles. The quantitative estimate of drug-likeness (QED) is 0.511. The summed E-state index contributed by atoms with van der Waals surface area (Å²) >= 11 is 7.47. The molecule has 0 saturated heterocycles. The highest BCUT2D eigenvalue weighted by atomic mass is 35.5. The average molecular weight is 434 g/mol. The summed E-state index contributed by atoms with van der Waals surface area (Å²) in [7, 11) is 1.37. The number of benzene rings is 1. The first-order chi connectivity index (χ1) is 13.8. The zero-order valence-electron chi connectivity index (χ0n) is 17.4. The first-order valence-electron chi connectivity index (χ1n) is 10.1. The van der Waals surface area contributed by atoms with E-state index in [9.17, 15) is 9.59 Å². The molecule has 0 atom stereocenters. The first-order valence-corrected chi connectivity index (χ1v) is 11.3. The van der Waals surface area contributed by atoms with Gasteiger partial charge in [-0.2, -0.15) is 0 Å². The summed E-state index contributed by atoms with van der Waals surface area (Å²) in [6.45, 7) is 6.23. The molecule has 0 unspecified atom stereocenters. The molecule has 0 spiro atoms. The summed E-state index contributed by atoms with van der Waals surface area (Å²) in [5.41, 5.74) is 1.40. The Morgan fingerprint density at radius 1 is 1.14 bits per heavy atom. The van der Waals surface area contributed by atoms with Crippen molar-refractivity contribution in [2.45, 2.75) is 52.5 Å². The van der Waals surface area contributed by atoms with Gasteiger partial charge in [0.25, 0.3) is 0 Å². The molecule has 0 N–H and O–H groups in total. The summed E-state index contributed by atoms with van der Waals surface area (Å²) in [6, 6.07) is 9.25. The molecule has 0 aliphatic heterocycles. The second kappa shape index (κ2) is 9.31. The van der Waals surface area contributed by atoms with E-state index < -0.39 is 5.97 Å². The van der Waals surface area contributed by atoms with E-state index in [0.717, 1.165) is 36.1 Å². The molecular weight excluding hydrogens is 406 g/mol. The van der Waals surface area contributed by atoms with Crippen molar-refractivity contribution in [1.29, 1.82) is 0 Å². The Labute approximate surface area is 181 Å². The molecule has 1 aromatic carbocycles. The molecule has 0 radical (unpaired) electrons. The number of anilines is 1. The van der Waals surface area contributed by atoms with E-state index in [4.69, 9.17) is 16.3 Å². The third kappa shape index (κ3) is 4.84. The van der Waals surface area contributed by atoms with Gasteiger partial charge in [-0.1, -0.05) is 30.7 Å².